The van der Waals surface area contributed by atoms with Gasteiger partial charge in [-0.05, 0) is 35.3 Å². The molecule has 0 fully saturated rings. The Morgan fingerprint density at radius 1 is 1.44 bits per heavy atom. The fourth-order valence-electron chi connectivity index (χ4n) is 1.84. The quantitative estimate of drug-likeness (QED) is 0.832. The van der Waals surface area contributed by atoms with E-state index in [0.717, 1.165) is 36.2 Å². The lowest BCUT2D eigenvalue weighted by Gasteiger charge is -2.05. The number of aromatic nitrogens is 2. The molecular formula is C12H14BrFN2. The number of aryl methyl sites for hydroxylation is 2. The third kappa shape index (κ3) is 1.98. The third-order valence-corrected chi connectivity index (χ3v) is 3.32. The summed E-state index contributed by atoms with van der Waals surface area (Å²) in [5.74, 6) is 0.714. The fourth-order valence-corrected chi connectivity index (χ4v) is 2.17. The van der Waals surface area contributed by atoms with Gasteiger partial charge in [0.15, 0.2) is 0 Å². The molecule has 2 rings (SSSR count). The van der Waals surface area contributed by atoms with Crippen LogP contribution in [-0.2, 0) is 6.54 Å². The minimum Gasteiger partial charge on any atom is -0.328 e. The molecule has 0 spiro atoms. The zero-order chi connectivity index (χ0) is 11.7. The van der Waals surface area contributed by atoms with E-state index in [1.807, 2.05) is 6.92 Å². The number of unbranched alkanes of at least 4 members (excludes halogenated alkanes) is 1. The molecule has 1 heterocycles. The second-order valence-corrected chi connectivity index (χ2v) is 4.77. The second kappa shape index (κ2) is 4.53. The van der Waals surface area contributed by atoms with E-state index in [2.05, 4.69) is 32.4 Å². The summed E-state index contributed by atoms with van der Waals surface area (Å²) < 4.78 is 16.0. The van der Waals surface area contributed by atoms with Gasteiger partial charge in [-0.2, -0.15) is 0 Å². The molecule has 0 radical (unpaired) electrons. The molecule has 0 saturated heterocycles. The van der Waals surface area contributed by atoms with Crippen LogP contribution in [0.2, 0.25) is 0 Å². The number of hydrogen-bond donors (Lipinski definition) is 0. The Morgan fingerprint density at radius 3 is 2.88 bits per heavy atom. The molecule has 0 aliphatic rings. The number of rotatable bonds is 3. The zero-order valence-electron chi connectivity index (χ0n) is 9.43. The summed E-state index contributed by atoms with van der Waals surface area (Å²) in [6.45, 7) is 5.01. The smallest absolute Gasteiger partial charge is 0.139 e. The molecule has 2 aromatic rings. The molecule has 1 aromatic carbocycles. The number of fused-ring (bicyclic) bond motifs is 1. The third-order valence-electron chi connectivity index (χ3n) is 2.72. The van der Waals surface area contributed by atoms with Gasteiger partial charge >= 0.3 is 0 Å². The van der Waals surface area contributed by atoms with Crippen molar-refractivity contribution in [2.75, 3.05) is 0 Å². The highest BCUT2D eigenvalue weighted by molar-refractivity contribution is 9.10. The van der Waals surface area contributed by atoms with E-state index in [-0.39, 0.29) is 5.82 Å². The molecule has 16 heavy (non-hydrogen) atoms. The minimum absolute atomic E-state index is 0.231. The van der Waals surface area contributed by atoms with Crippen molar-refractivity contribution in [3.05, 3.63) is 28.2 Å². The average Bonchev–Trinajstić information content (AvgIpc) is 2.52. The minimum atomic E-state index is -0.231. The van der Waals surface area contributed by atoms with Crippen molar-refractivity contribution < 1.29 is 4.39 Å². The molecule has 0 amide bonds. The lowest BCUT2D eigenvalue weighted by atomic mass is 10.3. The molecule has 0 aliphatic carbocycles. The van der Waals surface area contributed by atoms with Gasteiger partial charge in [-0.1, -0.05) is 13.3 Å². The van der Waals surface area contributed by atoms with Crippen LogP contribution in [0.4, 0.5) is 4.39 Å². The van der Waals surface area contributed by atoms with Gasteiger partial charge in [0.25, 0.3) is 0 Å². The van der Waals surface area contributed by atoms with E-state index in [0.29, 0.717) is 4.47 Å². The molecule has 0 saturated carbocycles. The van der Waals surface area contributed by atoms with Gasteiger partial charge in [0, 0.05) is 12.6 Å². The van der Waals surface area contributed by atoms with Gasteiger partial charge in [0.05, 0.1) is 15.5 Å². The van der Waals surface area contributed by atoms with Crippen molar-refractivity contribution >= 4 is 27.0 Å². The number of hydrogen-bond acceptors (Lipinski definition) is 1. The van der Waals surface area contributed by atoms with Crippen molar-refractivity contribution in [1.29, 1.82) is 0 Å². The van der Waals surface area contributed by atoms with Crippen molar-refractivity contribution in [2.24, 2.45) is 0 Å². The average molecular weight is 285 g/mol. The van der Waals surface area contributed by atoms with Crippen LogP contribution in [0.15, 0.2) is 16.6 Å². The Morgan fingerprint density at radius 2 is 2.19 bits per heavy atom. The van der Waals surface area contributed by atoms with Crippen molar-refractivity contribution in [3.8, 4) is 0 Å². The van der Waals surface area contributed by atoms with Crippen LogP contribution in [0.1, 0.15) is 25.6 Å². The van der Waals surface area contributed by atoms with Gasteiger partial charge in [-0.15, -0.1) is 0 Å². The summed E-state index contributed by atoms with van der Waals surface area (Å²) in [5, 5.41) is 0. The number of nitrogens with zero attached hydrogens (tertiary/aromatic N) is 2. The van der Waals surface area contributed by atoms with Crippen LogP contribution in [0.3, 0.4) is 0 Å². The van der Waals surface area contributed by atoms with E-state index in [1.54, 1.807) is 12.1 Å². The summed E-state index contributed by atoms with van der Waals surface area (Å²) in [7, 11) is 0. The molecule has 1 aromatic heterocycles. The van der Waals surface area contributed by atoms with Gasteiger partial charge in [0.2, 0.25) is 0 Å². The number of benzene rings is 1. The highest BCUT2D eigenvalue weighted by atomic mass is 79.9. The standard InChI is InChI=1S/C12H14BrFN2/c1-3-4-5-16-8(2)15-11-6-9(13)10(14)7-12(11)16/h6-7H,3-5H2,1-2H3. The summed E-state index contributed by atoms with van der Waals surface area (Å²) >= 11 is 3.18. The van der Waals surface area contributed by atoms with Crippen LogP contribution >= 0.6 is 15.9 Å². The van der Waals surface area contributed by atoms with Crippen molar-refractivity contribution in [2.45, 2.75) is 33.2 Å². The van der Waals surface area contributed by atoms with E-state index in [1.165, 1.54) is 0 Å². The van der Waals surface area contributed by atoms with Gasteiger partial charge < -0.3 is 4.57 Å². The van der Waals surface area contributed by atoms with Crippen LogP contribution in [0, 0.1) is 12.7 Å². The van der Waals surface area contributed by atoms with E-state index in [9.17, 15) is 4.39 Å². The second-order valence-electron chi connectivity index (χ2n) is 3.92. The molecule has 0 N–H and O–H groups in total. The summed E-state index contributed by atoms with van der Waals surface area (Å²) in [5.41, 5.74) is 1.73. The van der Waals surface area contributed by atoms with E-state index in [4.69, 9.17) is 0 Å². The maximum absolute atomic E-state index is 13.5. The first-order chi connectivity index (χ1) is 7.63. The Labute approximate surface area is 103 Å². The maximum Gasteiger partial charge on any atom is 0.139 e. The van der Waals surface area contributed by atoms with Gasteiger partial charge in [0.1, 0.15) is 11.6 Å². The molecule has 86 valence electrons. The first-order valence-electron chi connectivity index (χ1n) is 5.45. The Bertz CT molecular complexity index is 519. The molecule has 4 heteroatoms. The molecule has 0 atom stereocenters. The largest absolute Gasteiger partial charge is 0.328 e. The first-order valence-corrected chi connectivity index (χ1v) is 6.24. The van der Waals surface area contributed by atoms with E-state index < -0.39 is 0 Å². The fraction of sp³-hybridized carbons (Fsp3) is 0.417. The predicted molar refractivity (Wildman–Crippen MR) is 67.0 cm³/mol. The van der Waals surface area contributed by atoms with Crippen molar-refractivity contribution in [1.82, 2.24) is 9.55 Å². The summed E-state index contributed by atoms with van der Waals surface area (Å²) in [6.07, 6.45) is 2.21. The molecule has 2 nitrogen and oxygen atoms in total. The number of imidazole rings is 1. The summed E-state index contributed by atoms with van der Waals surface area (Å²) in [4.78, 5) is 4.43. The molecule has 0 aliphatic heterocycles. The van der Waals surface area contributed by atoms with Crippen LogP contribution in [-0.4, -0.2) is 9.55 Å². The Hall–Kier alpha value is -0.900. The van der Waals surface area contributed by atoms with Crippen molar-refractivity contribution in [3.63, 3.8) is 0 Å². The maximum atomic E-state index is 13.5. The predicted octanol–water partition coefficient (Wildman–Crippen LogP) is 4.05. The van der Waals surface area contributed by atoms with Crippen LogP contribution in [0.25, 0.3) is 11.0 Å². The normalized spacial score (nSPS) is 11.2. The Balaban J connectivity index is 2.55. The van der Waals surface area contributed by atoms with E-state index >= 15 is 0 Å². The topological polar surface area (TPSA) is 17.8 Å². The number of halogens is 2. The SMILES string of the molecule is CCCCn1c(C)nc2cc(Br)c(F)cc21. The molecule has 0 bridgehead atoms. The Kier molecular flexibility index (Phi) is 3.28. The lowest BCUT2D eigenvalue weighted by molar-refractivity contribution is 0.614. The van der Waals surface area contributed by atoms with Crippen LogP contribution < -0.4 is 0 Å². The zero-order valence-corrected chi connectivity index (χ0v) is 11.0. The van der Waals surface area contributed by atoms with Gasteiger partial charge in [-0.25, -0.2) is 9.37 Å². The monoisotopic (exact) mass is 284 g/mol. The first kappa shape index (κ1) is 11.6. The van der Waals surface area contributed by atoms with Crippen LogP contribution in [0.5, 0.6) is 0 Å². The molecular weight excluding hydrogens is 271 g/mol. The lowest BCUT2D eigenvalue weighted by Crippen LogP contribution is -2.00. The summed E-state index contributed by atoms with van der Waals surface area (Å²) in [6, 6.07) is 3.29. The molecule has 0 unspecified atom stereocenters. The van der Waals surface area contributed by atoms with Gasteiger partial charge in [-0.3, -0.25) is 0 Å². The highest BCUT2D eigenvalue weighted by Crippen LogP contribution is 2.24. The highest BCUT2D eigenvalue weighted by Gasteiger charge is 2.10.